The molecule has 2 aliphatic rings. The largest absolute Gasteiger partial charge is 0.441 e. The fourth-order valence-electron chi connectivity index (χ4n) is 2.82. The Kier molecular flexibility index (Phi) is 3.48. The maximum absolute atomic E-state index is 12.4. The summed E-state index contributed by atoms with van der Waals surface area (Å²) in [4.78, 5) is 33.7. The molecule has 3 rings (SSSR count). The molecule has 0 bridgehead atoms. The second-order valence-corrected chi connectivity index (χ2v) is 5.61. The number of ether oxygens (including phenoxy) is 1. The predicted octanol–water partition coefficient (Wildman–Crippen LogP) is 0.890. The van der Waals surface area contributed by atoms with Crippen LogP contribution in [-0.2, 0) is 4.74 Å². The normalized spacial score (nSPS) is 25.4. The van der Waals surface area contributed by atoms with Crippen LogP contribution in [0.15, 0.2) is 12.4 Å². The first-order chi connectivity index (χ1) is 10.1. The van der Waals surface area contributed by atoms with E-state index in [1.54, 1.807) is 11.1 Å². The van der Waals surface area contributed by atoms with Crippen LogP contribution >= 0.6 is 0 Å². The third-order valence-corrected chi connectivity index (χ3v) is 4.05. The highest BCUT2D eigenvalue weighted by Crippen LogP contribution is 2.29. The van der Waals surface area contributed by atoms with Crippen molar-refractivity contribution >= 4 is 12.0 Å². The number of aryl methyl sites for hydroxylation is 1. The molecule has 3 heterocycles. The second-order valence-electron chi connectivity index (χ2n) is 5.61. The Labute approximate surface area is 122 Å². The number of nitrogens with one attached hydrogen (secondary N) is 1. The molecule has 0 saturated carbocycles. The summed E-state index contributed by atoms with van der Waals surface area (Å²) in [7, 11) is 0. The third kappa shape index (κ3) is 2.81. The van der Waals surface area contributed by atoms with Crippen molar-refractivity contribution in [3.63, 3.8) is 0 Å². The van der Waals surface area contributed by atoms with Gasteiger partial charge in [-0.1, -0.05) is 0 Å². The van der Waals surface area contributed by atoms with Gasteiger partial charge in [0, 0.05) is 25.7 Å². The Morgan fingerprint density at radius 1 is 1.33 bits per heavy atom. The molecule has 1 spiro atoms. The van der Waals surface area contributed by atoms with Gasteiger partial charge in [0.25, 0.3) is 5.91 Å². The minimum absolute atomic E-state index is 0.114. The van der Waals surface area contributed by atoms with Gasteiger partial charge in [0.05, 0.1) is 18.4 Å². The van der Waals surface area contributed by atoms with E-state index < -0.39 is 5.60 Å². The van der Waals surface area contributed by atoms with Gasteiger partial charge in [-0.2, -0.15) is 0 Å². The van der Waals surface area contributed by atoms with Crippen molar-refractivity contribution in [2.24, 2.45) is 0 Å². The molecule has 21 heavy (non-hydrogen) atoms. The number of alkyl carbamates (subject to hydrolysis) is 1. The fraction of sp³-hybridized carbons (Fsp3) is 0.571. The molecule has 112 valence electrons. The molecule has 0 aromatic carbocycles. The summed E-state index contributed by atoms with van der Waals surface area (Å²) in [5, 5.41) is 2.70. The number of hydrogen-bond donors (Lipinski definition) is 1. The average Bonchev–Trinajstić information content (AvgIpc) is 2.71. The van der Waals surface area contributed by atoms with Crippen LogP contribution in [0.25, 0.3) is 0 Å². The maximum Gasteiger partial charge on any atom is 0.407 e. The number of carbonyl (C=O) groups is 2. The van der Waals surface area contributed by atoms with Gasteiger partial charge in [0.2, 0.25) is 0 Å². The van der Waals surface area contributed by atoms with E-state index in [4.69, 9.17) is 4.74 Å². The molecule has 0 aliphatic carbocycles. The van der Waals surface area contributed by atoms with E-state index in [2.05, 4.69) is 15.3 Å². The monoisotopic (exact) mass is 290 g/mol. The van der Waals surface area contributed by atoms with E-state index in [9.17, 15) is 9.59 Å². The van der Waals surface area contributed by atoms with Crippen molar-refractivity contribution in [1.82, 2.24) is 20.2 Å². The lowest BCUT2D eigenvalue weighted by molar-refractivity contribution is 0.0438. The molecule has 1 aromatic rings. The van der Waals surface area contributed by atoms with Crippen molar-refractivity contribution in [3.8, 4) is 0 Å². The highest BCUT2D eigenvalue weighted by atomic mass is 16.6. The Hall–Kier alpha value is -2.18. The van der Waals surface area contributed by atoms with Crippen LogP contribution in [0.2, 0.25) is 0 Å². The first-order valence-corrected chi connectivity index (χ1v) is 7.13. The molecule has 7 nitrogen and oxygen atoms in total. The summed E-state index contributed by atoms with van der Waals surface area (Å²) in [5.74, 6) is -0.114. The Morgan fingerprint density at radius 2 is 2.19 bits per heavy atom. The van der Waals surface area contributed by atoms with Gasteiger partial charge in [-0.25, -0.2) is 9.78 Å². The molecule has 0 unspecified atom stereocenters. The number of nitrogens with zero attached hydrogens (tertiary/aromatic N) is 3. The van der Waals surface area contributed by atoms with Crippen LogP contribution in [0, 0.1) is 6.92 Å². The van der Waals surface area contributed by atoms with E-state index in [1.807, 2.05) is 6.92 Å². The van der Waals surface area contributed by atoms with Crippen molar-refractivity contribution in [3.05, 3.63) is 23.8 Å². The molecule has 7 heteroatoms. The summed E-state index contributed by atoms with van der Waals surface area (Å²) < 4.78 is 5.40. The zero-order valence-electron chi connectivity index (χ0n) is 12.0. The molecular weight excluding hydrogens is 272 g/mol. The quantitative estimate of drug-likeness (QED) is 0.830. The summed E-state index contributed by atoms with van der Waals surface area (Å²) >= 11 is 0. The molecular formula is C14H18N4O3. The summed E-state index contributed by atoms with van der Waals surface area (Å²) in [6.07, 6.45) is 4.97. The van der Waals surface area contributed by atoms with Crippen LogP contribution in [0.1, 0.15) is 35.4 Å². The highest BCUT2D eigenvalue weighted by Gasteiger charge is 2.41. The summed E-state index contributed by atoms with van der Waals surface area (Å²) in [6.45, 7) is 3.56. The van der Waals surface area contributed by atoms with Gasteiger partial charge in [-0.05, 0) is 19.8 Å². The van der Waals surface area contributed by atoms with Crippen molar-refractivity contribution < 1.29 is 14.3 Å². The number of likely N-dealkylation sites (tertiary alicyclic amines) is 1. The lowest BCUT2D eigenvalue weighted by atomic mass is 9.95. The average molecular weight is 290 g/mol. The van der Waals surface area contributed by atoms with E-state index >= 15 is 0 Å². The first kappa shape index (κ1) is 13.8. The summed E-state index contributed by atoms with van der Waals surface area (Å²) in [6, 6.07) is 0. The van der Waals surface area contributed by atoms with Crippen LogP contribution < -0.4 is 5.32 Å². The molecule has 1 aromatic heterocycles. The molecule has 2 fully saturated rings. The van der Waals surface area contributed by atoms with Gasteiger partial charge >= 0.3 is 6.09 Å². The number of hydrogen-bond acceptors (Lipinski definition) is 5. The minimum Gasteiger partial charge on any atom is -0.441 e. The van der Waals surface area contributed by atoms with Gasteiger partial charge in [0.15, 0.2) is 0 Å². The Balaban J connectivity index is 1.68. The maximum atomic E-state index is 12.4. The molecule has 1 atom stereocenters. The van der Waals surface area contributed by atoms with Crippen LogP contribution in [0.4, 0.5) is 4.79 Å². The van der Waals surface area contributed by atoms with Crippen molar-refractivity contribution in [2.45, 2.75) is 31.8 Å². The first-order valence-electron chi connectivity index (χ1n) is 7.13. The van der Waals surface area contributed by atoms with Gasteiger partial charge in [0.1, 0.15) is 11.3 Å². The minimum atomic E-state index is -0.453. The van der Waals surface area contributed by atoms with Gasteiger partial charge < -0.3 is 15.0 Å². The smallest absolute Gasteiger partial charge is 0.407 e. The fourth-order valence-corrected chi connectivity index (χ4v) is 2.82. The lowest BCUT2D eigenvalue weighted by Gasteiger charge is -2.24. The standard InChI is InChI=1S/C14H18N4O3/c1-10-7-16-11(8-15-10)12(19)18-5-2-3-14(4-6-18)9-17-13(20)21-14/h7-8H,2-6,9H2,1H3,(H,17,20)/t14-/m0/s1. The van der Waals surface area contributed by atoms with E-state index in [-0.39, 0.29) is 12.0 Å². The van der Waals surface area contributed by atoms with Crippen LogP contribution in [-0.4, -0.2) is 52.1 Å². The highest BCUT2D eigenvalue weighted by molar-refractivity contribution is 5.92. The topological polar surface area (TPSA) is 84.4 Å². The van der Waals surface area contributed by atoms with Crippen LogP contribution in [0.3, 0.4) is 0 Å². The predicted molar refractivity (Wildman–Crippen MR) is 73.7 cm³/mol. The molecule has 1 N–H and O–H groups in total. The van der Waals surface area contributed by atoms with E-state index in [1.165, 1.54) is 6.20 Å². The van der Waals surface area contributed by atoms with E-state index in [0.29, 0.717) is 31.7 Å². The SMILES string of the molecule is Cc1cnc(C(=O)N2CCC[C@]3(CC2)CNC(=O)O3)cn1. The van der Waals surface area contributed by atoms with Crippen molar-refractivity contribution in [2.75, 3.05) is 19.6 Å². The molecule has 0 radical (unpaired) electrons. The zero-order valence-corrected chi connectivity index (χ0v) is 12.0. The van der Waals surface area contributed by atoms with E-state index in [0.717, 1.165) is 18.5 Å². The number of carbonyl (C=O) groups excluding carboxylic acids is 2. The lowest BCUT2D eigenvalue weighted by Crippen LogP contribution is -2.36. The molecule has 2 saturated heterocycles. The van der Waals surface area contributed by atoms with Gasteiger partial charge in [-0.15, -0.1) is 0 Å². The molecule has 2 aliphatic heterocycles. The molecule has 2 amide bonds. The van der Waals surface area contributed by atoms with Crippen molar-refractivity contribution in [1.29, 1.82) is 0 Å². The third-order valence-electron chi connectivity index (χ3n) is 4.05. The number of amides is 2. The second kappa shape index (κ2) is 5.31. The number of rotatable bonds is 1. The Bertz CT molecular complexity index is 560. The Morgan fingerprint density at radius 3 is 2.86 bits per heavy atom. The number of aromatic nitrogens is 2. The summed E-state index contributed by atoms with van der Waals surface area (Å²) in [5.41, 5.74) is 0.689. The van der Waals surface area contributed by atoms with Gasteiger partial charge in [-0.3, -0.25) is 9.78 Å². The van der Waals surface area contributed by atoms with Crippen LogP contribution in [0.5, 0.6) is 0 Å². The zero-order chi connectivity index (χ0) is 14.9.